The van der Waals surface area contributed by atoms with E-state index in [-0.39, 0.29) is 5.82 Å². The Hall–Kier alpha value is -2.90. The Morgan fingerprint density at radius 1 is 1.18 bits per heavy atom. The topological polar surface area (TPSA) is 44.9 Å². The van der Waals surface area contributed by atoms with Gasteiger partial charge in [-0.15, -0.1) is 4.99 Å². The summed E-state index contributed by atoms with van der Waals surface area (Å²) in [7, 11) is 0. The molecule has 0 saturated carbocycles. The van der Waals surface area contributed by atoms with Crippen LogP contribution in [-0.4, -0.2) is 5.71 Å². The number of nitriles is 1. The average Bonchev–Trinajstić information content (AvgIpc) is 2.82. The van der Waals surface area contributed by atoms with Crippen molar-refractivity contribution in [1.82, 2.24) is 0 Å². The van der Waals surface area contributed by atoms with E-state index < -0.39 is 0 Å². The largest absolute Gasteiger partial charge is 0.372 e. The molecule has 0 aliphatic carbocycles. The summed E-state index contributed by atoms with van der Waals surface area (Å²) in [6.07, 6.45) is 0.396. The van der Waals surface area contributed by atoms with Gasteiger partial charge in [0.1, 0.15) is 5.71 Å². The highest BCUT2D eigenvalue weighted by molar-refractivity contribution is 6.04. The third-order valence-electron chi connectivity index (χ3n) is 2.42. The summed E-state index contributed by atoms with van der Waals surface area (Å²) in [5.74, 6) is 0.180. The average molecular weight is 218 g/mol. The molecule has 2 rings (SSSR count). The van der Waals surface area contributed by atoms with Crippen LogP contribution in [0.15, 0.2) is 40.8 Å². The summed E-state index contributed by atoms with van der Waals surface area (Å²) in [4.78, 5) is 10.7. The van der Waals surface area contributed by atoms with Crippen molar-refractivity contribution in [1.29, 1.82) is 5.26 Å². The zero-order valence-electron chi connectivity index (χ0n) is 8.81. The molecule has 1 aliphatic heterocycles. The number of hydrogen-bond donors (Lipinski definition) is 0. The number of hydrogen-bond acceptors (Lipinski definition) is 2. The third-order valence-corrected chi connectivity index (χ3v) is 2.42. The van der Waals surface area contributed by atoms with Gasteiger partial charge in [-0.1, -0.05) is 6.57 Å². The maximum absolute atomic E-state index is 8.69. The molecule has 4 nitrogen and oxygen atoms in total. The molecule has 1 aromatic carbocycles. The van der Waals surface area contributed by atoms with Crippen molar-refractivity contribution in [3.63, 3.8) is 0 Å². The summed E-state index contributed by atoms with van der Waals surface area (Å²) >= 11 is 0. The normalized spacial score (nSPS) is 13.6. The molecule has 0 atom stereocenters. The molecule has 1 heterocycles. The van der Waals surface area contributed by atoms with Crippen molar-refractivity contribution in [3.05, 3.63) is 69.7 Å². The molecule has 1 aromatic rings. The Kier molecular flexibility index (Phi) is 2.69. The van der Waals surface area contributed by atoms with Crippen LogP contribution < -0.4 is 0 Å². The second kappa shape index (κ2) is 4.31. The van der Waals surface area contributed by atoms with Crippen molar-refractivity contribution in [3.8, 4) is 6.07 Å². The summed E-state index contributed by atoms with van der Waals surface area (Å²) in [5.41, 5.74) is 2.53. The minimum absolute atomic E-state index is 0.180. The predicted molar refractivity (Wildman–Crippen MR) is 62.5 cm³/mol. The molecule has 4 heteroatoms. The van der Waals surface area contributed by atoms with E-state index >= 15 is 0 Å². The van der Waals surface area contributed by atoms with Gasteiger partial charge in [-0.05, 0) is 24.3 Å². The summed E-state index contributed by atoms with van der Waals surface area (Å²) in [6, 6.07) is 9.00. The molecule has 78 valence electrons. The van der Waals surface area contributed by atoms with Crippen molar-refractivity contribution in [2.45, 2.75) is 6.42 Å². The number of aliphatic imine (C=N–C) groups is 1. The third kappa shape index (κ3) is 1.91. The Labute approximate surface area is 98.8 Å². The first-order valence-corrected chi connectivity index (χ1v) is 4.84. The van der Waals surface area contributed by atoms with Gasteiger partial charge in [-0.2, -0.15) is 5.26 Å². The van der Waals surface area contributed by atoms with Crippen molar-refractivity contribution in [2.24, 2.45) is 4.99 Å². The van der Waals surface area contributed by atoms with Gasteiger partial charge < -0.3 is 4.85 Å². The van der Waals surface area contributed by atoms with Gasteiger partial charge in [0.2, 0.25) is 0 Å². The number of benzene rings is 1. The maximum atomic E-state index is 8.69. The maximum Gasteiger partial charge on any atom is 0.270 e. The second-order valence-corrected chi connectivity index (χ2v) is 3.42. The lowest BCUT2D eigenvalue weighted by Crippen LogP contribution is -1.97. The van der Waals surface area contributed by atoms with Gasteiger partial charge in [0, 0.05) is 12.0 Å². The fourth-order valence-electron chi connectivity index (χ4n) is 1.55. The Morgan fingerprint density at radius 2 is 1.88 bits per heavy atom. The first kappa shape index (κ1) is 10.6. The van der Waals surface area contributed by atoms with Gasteiger partial charge in [-0.3, -0.25) is 4.85 Å². The zero-order valence-corrected chi connectivity index (χ0v) is 8.81. The Bertz CT molecular complexity index is 643. The van der Waals surface area contributed by atoms with Gasteiger partial charge in [0.15, 0.2) is 5.70 Å². The standard InChI is InChI=1S/C13H6N4/c1-15-12-7-11(17-13(12)16-2)10-5-3-9(8-14)4-6-10/h3-6H,7H2. The molecule has 0 fully saturated rings. The van der Waals surface area contributed by atoms with Crippen LogP contribution in [0.25, 0.3) is 9.69 Å². The first-order chi connectivity index (χ1) is 8.28. The van der Waals surface area contributed by atoms with Gasteiger partial charge in [-0.25, -0.2) is 0 Å². The second-order valence-electron chi connectivity index (χ2n) is 3.42. The molecule has 0 N–H and O–H groups in total. The minimum Gasteiger partial charge on any atom is -0.372 e. The molecule has 0 spiro atoms. The Balaban J connectivity index is 2.32. The van der Waals surface area contributed by atoms with Gasteiger partial charge >= 0.3 is 0 Å². The van der Waals surface area contributed by atoms with Crippen LogP contribution in [0.2, 0.25) is 0 Å². The number of rotatable bonds is 1. The molecular weight excluding hydrogens is 212 g/mol. The first-order valence-electron chi connectivity index (χ1n) is 4.84. The van der Waals surface area contributed by atoms with Crippen LogP contribution in [0.1, 0.15) is 17.5 Å². The van der Waals surface area contributed by atoms with Gasteiger partial charge in [0.25, 0.3) is 5.82 Å². The summed E-state index contributed by atoms with van der Waals surface area (Å²) in [5, 5.41) is 8.69. The van der Waals surface area contributed by atoms with Crippen LogP contribution in [0.5, 0.6) is 0 Å². The van der Waals surface area contributed by atoms with Crippen LogP contribution in [0.4, 0.5) is 0 Å². The molecule has 0 amide bonds. The van der Waals surface area contributed by atoms with E-state index in [2.05, 4.69) is 14.7 Å². The lowest BCUT2D eigenvalue weighted by atomic mass is 10.1. The molecule has 0 bridgehead atoms. The van der Waals surface area contributed by atoms with Crippen LogP contribution in [0.3, 0.4) is 0 Å². The van der Waals surface area contributed by atoms with Crippen LogP contribution in [-0.2, 0) is 0 Å². The summed E-state index contributed by atoms with van der Waals surface area (Å²) < 4.78 is 0. The van der Waals surface area contributed by atoms with Gasteiger partial charge in [0.05, 0.1) is 18.2 Å². The molecular formula is C13H6N4. The predicted octanol–water partition coefficient (Wildman–Crippen LogP) is 2.76. The highest BCUT2D eigenvalue weighted by Crippen LogP contribution is 2.25. The lowest BCUT2D eigenvalue weighted by molar-refractivity contribution is 1.35. The monoisotopic (exact) mass is 218 g/mol. The van der Waals surface area contributed by atoms with E-state index in [9.17, 15) is 0 Å². The van der Waals surface area contributed by atoms with Crippen molar-refractivity contribution < 1.29 is 0 Å². The summed E-state index contributed by atoms with van der Waals surface area (Å²) in [6.45, 7) is 13.9. The highest BCUT2D eigenvalue weighted by atomic mass is 15.0. The minimum atomic E-state index is 0.180. The van der Waals surface area contributed by atoms with Crippen LogP contribution >= 0.6 is 0 Å². The lowest BCUT2D eigenvalue weighted by Gasteiger charge is -1.96. The molecule has 0 saturated heterocycles. The SMILES string of the molecule is [C-]#[N+]C1=C([N+]#[C-])N=C(c2ccc(C#N)cc2)C1. The fraction of sp³-hybridized carbons (Fsp3) is 0.0769. The van der Waals surface area contributed by atoms with E-state index in [1.807, 2.05) is 6.07 Å². The quantitative estimate of drug-likeness (QED) is 0.668. The number of nitrogens with zero attached hydrogens (tertiary/aromatic N) is 4. The van der Waals surface area contributed by atoms with Crippen molar-refractivity contribution >= 4 is 5.71 Å². The fourth-order valence-corrected chi connectivity index (χ4v) is 1.55. The molecule has 0 unspecified atom stereocenters. The van der Waals surface area contributed by atoms with E-state index in [0.29, 0.717) is 23.4 Å². The molecule has 17 heavy (non-hydrogen) atoms. The van der Waals surface area contributed by atoms with E-state index in [0.717, 1.165) is 5.56 Å². The molecule has 1 aliphatic rings. The molecule has 0 radical (unpaired) electrons. The van der Waals surface area contributed by atoms with E-state index in [4.69, 9.17) is 18.4 Å². The highest BCUT2D eigenvalue weighted by Gasteiger charge is 2.22. The zero-order chi connectivity index (χ0) is 12.3. The van der Waals surface area contributed by atoms with Crippen molar-refractivity contribution in [2.75, 3.05) is 0 Å². The smallest absolute Gasteiger partial charge is 0.270 e. The van der Waals surface area contributed by atoms with E-state index in [1.165, 1.54) is 0 Å². The Morgan fingerprint density at radius 3 is 2.35 bits per heavy atom. The van der Waals surface area contributed by atoms with E-state index in [1.54, 1.807) is 24.3 Å². The number of allylic oxidation sites excluding steroid dienone is 1. The van der Waals surface area contributed by atoms with Crippen LogP contribution in [0, 0.1) is 24.5 Å². The molecule has 0 aromatic heterocycles.